The first-order chi connectivity index (χ1) is 11.3. The highest BCUT2D eigenvalue weighted by molar-refractivity contribution is 5.85. The summed E-state index contributed by atoms with van der Waals surface area (Å²) in [6, 6.07) is 8.36. The van der Waals surface area contributed by atoms with Crippen molar-refractivity contribution in [2.45, 2.75) is 44.6 Å². The van der Waals surface area contributed by atoms with Gasteiger partial charge in [-0.2, -0.15) is 0 Å². The maximum atomic E-state index is 12.5. The smallest absolute Gasteiger partial charge is 0.309 e. The van der Waals surface area contributed by atoms with E-state index in [1.807, 2.05) is 24.1 Å². The second kappa shape index (κ2) is 6.11. The Bertz CT molecular complexity index is 645. The van der Waals surface area contributed by atoms with E-state index in [1.54, 1.807) is 14.0 Å². The van der Waals surface area contributed by atoms with Crippen molar-refractivity contribution in [2.75, 3.05) is 14.2 Å². The fourth-order valence-electron chi connectivity index (χ4n) is 3.92. The third-order valence-corrected chi connectivity index (χ3v) is 5.83. The van der Waals surface area contributed by atoms with Gasteiger partial charge in [0.15, 0.2) is 0 Å². The molecule has 24 heavy (non-hydrogen) atoms. The fraction of sp³-hybridized carbons (Fsp3) is 0.579. The quantitative estimate of drug-likeness (QED) is 0.901. The fourth-order valence-corrected chi connectivity index (χ4v) is 3.92. The molecule has 2 saturated carbocycles. The number of rotatable bonds is 5. The van der Waals surface area contributed by atoms with Crippen molar-refractivity contribution in [1.82, 2.24) is 4.90 Å². The molecule has 0 radical (unpaired) electrons. The number of aliphatic carboxylic acids is 1. The molecule has 0 unspecified atom stereocenters. The van der Waals surface area contributed by atoms with E-state index < -0.39 is 11.4 Å². The first-order valence-corrected chi connectivity index (χ1v) is 8.48. The normalized spacial score (nSPS) is 31.5. The van der Waals surface area contributed by atoms with E-state index in [0.29, 0.717) is 18.8 Å². The summed E-state index contributed by atoms with van der Waals surface area (Å²) in [6.45, 7) is 1.72. The second-order valence-electron chi connectivity index (χ2n) is 7.52. The summed E-state index contributed by atoms with van der Waals surface area (Å²) in [7, 11) is 3.52. The molecule has 5 heteroatoms. The van der Waals surface area contributed by atoms with Gasteiger partial charge in [-0.3, -0.25) is 9.59 Å². The van der Waals surface area contributed by atoms with Gasteiger partial charge in [0.25, 0.3) is 0 Å². The second-order valence-corrected chi connectivity index (χ2v) is 7.52. The van der Waals surface area contributed by atoms with E-state index in [0.717, 1.165) is 18.6 Å². The summed E-state index contributed by atoms with van der Waals surface area (Å²) < 4.78 is 5.27. The Morgan fingerprint density at radius 3 is 2.54 bits per heavy atom. The van der Waals surface area contributed by atoms with Gasteiger partial charge in [-0.25, -0.2) is 0 Å². The van der Waals surface area contributed by atoms with Crippen LogP contribution in [0.3, 0.4) is 0 Å². The van der Waals surface area contributed by atoms with Crippen molar-refractivity contribution in [3.8, 4) is 5.75 Å². The lowest BCUT2D eigenvalue weighted by Gasteiger charge is -2.47. The molecule has 0 saturated heterocycles. The highest BCUT2D eigenvalue weighted by Crippen LogP contribution is 2.47. The summed E-state index contributed by atoms with van der Waals surface area (Å²) in [4.78, 5) is 25.5. The minimum Gasteiger partial charge on any atom is -0.497 e. The molecule has 3 rings (SSSR count). The topological polar surface area (TPSA) is 66.8 Å². The molecule has 5 nitrogen and oxygen atoms in total. The predicted molar refractivity (Wildman–Crippen MR) is 90.0 cm³/mol. The standard InChI is InChI=1S/C19H25NO4/c1-19(18(22)23)10-14(11-19)17(21)20(2)15-7-13(8-15)12-5-4-6-16(9-12)24-3/h4-6,9,13-15H,7-8,10-11H2,1-3H3,(H,22,23). The number of amides is 1. The molecule has 0 heterocycles. The van der Waals surface area contributed by atoms with Crippen molar-refractivity contribution in [3.05, 3.63) is 29.8 Å². The molecule has 2 aliphatic carbocycles. The van der Waals surface area contributed by atoms with Crippen LogP contribution < -0.4 is 4.74 Å². The summed E-state index contributed by atoms with van der Waals surface area (Å²) in [5.74, 6) is 0.500. The number of hydrogen-bond donors (Lipinski definition) is 1. The number of ether oxygens (including phenoxy) is 1. The third-order valence-electron chi connectivity index (χ3n) is 5.83. The van der Waals surface area contributed by atoms with Gasteiger partial charge in [-0.05, 0) is 56.2 Å². The number of carbonyl (C=O) groups is 2. The van der Waals surface area contributed by atoms with Gasteiger partial charge in [0.1, 0.15) is 5.75 Å². The summed E-state index contributed by atoms with van der Waals surface area (Å²) in [6.07, 6.45) is 2.83. The van der Waals surface area contributed by atoms with Crippen molar-refractivity contribution in [2.24, 2.45) is 11.3 Å². The number of hydrogen-bond acceptors (Lipinski definition) is 3. The molecule has 1 amide bonds. The van der Waals surface area contributed by atoms with Crippen LogP contribution in [0.25, 0.3) is 0 Å². The van der Waals surface area contributed by atoms with Gasteiger partial charge < -0.3 is 14.7 Å². The molecule has 2 fully saturated rings. The van der Waals surface area contributed by atoms with Gasteiger partial charge in [-0.1, -0.05) is 12.1 Å². The highest BCUT2D eigenvalue weighted by Gasteiger charge is 2.51. The first kappa shape index (κ1) is 16.8. The maximum absolute atomic E-state index is 12.5. The van der Waals surface area contributed by atoms with E-state index in [9.17, 15) is 9.59 Å². The number of nitrogens with zero attached hydrogens (tertiary/aromatic N) is 1. The molecular weight excluding hydrogens is 306 g/mol. The van der Waals surface area contributed by atoms with Crippen molar-refractivity contribution < 1.29 is 19.4 Å². The van der Waals surface area contributed by atoms with Crippen LogP contribution in [0.15, 0.2) is 24.3 Å². The zero-order valence-electron chi connectivity index (χ0n) is 14.5. The van der Waals surface area contributed by atoms with Gasteiger partial charge in [0.2, 0.25) is 5.91 Å². The van der Waals surface area contributed by atoms with Crippen LogP contribution in [0.2, 0.25) is 0 Å². The predicted octanol–water partition coefficient (Wildman–Crippen LogP) is 2.90. The molecule has 130 valence electrons. The Hall–Kier alpha value is -2.04. The van der Waals surface area contributed by atoms with Crippen molar-refractivity contribution in [1.29, 1.82) is 0 Å². The van der Waals surface area contributed by atoms with E-state index in [1.165, 1.54) is 5.56 Å². The Morgan fingerprint density at radius 1 is 1.29 bits per heavy atom. The van der Waals surface area contributed by atoms with Crippen LogP contribution >= 0.6 is 0 Å². The summed E-state index contributed by atoms with van der Waals surface area (Å²) >= 11 is 0. The van der Waals surface area contributed by atoms with Crippen molar-refractivity contribution >= 4 is 11.9 Å². The Labute approximate surface area is 142 Å². The molecular formula is C19H25NO4. The molecule has 0 aromatic heterocycles. The number of benzene rings is 1. The largest absolute Gasteiger partial charge is 0.497 e. The van der Waals surface area contributed by atoms with Crippen LogP contribution in [-0.4, -0.2) is 42.1 Å². The van der Waals surface area contributed by atoms with Crippen molar-refractivity contribution in [3.63, 3.8) is 0 Å². The number of carboxylic acid groups (broad SMARTS) is 1. The lowest BCUT2D eigenvalue weighted by Crippen LogP contribution is -2.52. The molecule has 0 aliphatic heterocycles. The van der Waals surface area contributed by atoms with Crippen LogP contribution in [0.5, 0.6) is 5.75 Å². The molecule has 2 aliphatic rings. The Morgan fingerprint density at radius 2 is 1.96 bits per heavy atom. The zero-order valence-corrected chi connectivity index (χ0v) is 14.5. The lowest BCUT2D eigenvalue weighted by atomic mass is 9.62. The molecule has 0 bridgehead atoms. The molecule has 0 spiro atoms. The SMILES string of the molecule is COc1cccc(C2CC(N(C)C(=O)C3CC(C)(C(=O)O)C3)C2)c1. The minimum absolute atomic E-state index is 0.0998. The minimum atomic E-state index is -0.795. The van der Waals surface area contributed by atoms with Crippen LogP contribution in [0, 0.1) is 11.3 Å². The van der Waals surface area contributed by atoms with Crippen LogP contribution in [0.4, 0.5) is 0 Å². The van der Waals surface area contributed by atoms with Gasteiger partial charge >= 0.3 is 5.97 Å². The van der Waals surface area contributed by atoms with Gasteiger partial charge in [-0.15, -0.1) is 0 Å². The van der Waals surface area contributed by atoms with Gasteiger partial charge in [0, 0.05) is 19.0 Å². The summed E-state index contributed by atoms with van der Waals surface area (Å²) in [5.41, 5.74) is 0.540. The number of carbonyl (C=O) groups excluding carboxylic acids is 1. The maximum Gasteiger partial charge on any atom is 0.309 e. The number of carboxylic acids is 1. The van der Waals surface area contributed by atoms with Crippen LogP contribution in [-0.2, 0) is 9.59 Å². The van der Waals surface area contributed by atoms with E-state index in [-0.39, 0.29) is 17.9 Å². The van der Waals surface area contributed by atoms with Gasteiger partial charge in [0.05, 0.1) is 12.5 Å². The Balaban J connectivity index is 1.52. The Kier molecular flexibility index (Phi) is 4.28. The average Bonchev–Trinajstić information content (AvgIpc) is 2.49. The molecule has 1 aromatic rings. The average molecular weight is 331 g/mol. The highest BCUT2D eigenvalue weighted by atomic mass is 16.5. The molecule has 0 atom stereocenters. The molecule has 1 aromatic carbocycles. The summed E-state index contributed by atoms with van der Waals surface area (Å²) in [5, 5.41) is 9.17. The first-order valence-electron chi connectivity index (χ1n) is 8.48. The van der Waals surface area contributed by atoms with Crippen LogP contribution in [0.1, 0.15) is 44.1 Å². The van der Waals surface area contributed by atoms with E-state index in [2.05, 4.69) is 12.1 Å². The monoisotopic (exact) mass is 331 g/mol. The lowest BCUT2D eigenvalue weighted by molar-refractivity contribution is -0.162. The third kappa shape index (κ3) is 2.87. The van der Waals surface area contributed by atoms with E-state index >= 15 is 0 Å². The zero-order chi connectivity index (χ0) is 17.5. The van der Waals surface area contributed by atoms with E-state index in [4.69, 9.17) is 9.84 Å². The molecule has 1 N–H and O–H groups in total. The number of methoxy groups -OCH3 is 1.